The lowest BCUT2D eigenvalue weighted by atomic mass is 10.1. The first-order valence-electron chi connectivity index (χ1n) is 9.46. The fourth-order valence-electron chi connectivity index (χ4n) is 3.80. The number of nitrogens with zero attached hydrogens (tertiary/aromatic N) is 4. The van der Waals surface area contributed by atoms with Crippen LogP contribution in [0.4, 0.5) is 5.82 Å². The van der Waals surface area contributed by atoms with E-state index in [0.29, 0.717) is 11.9 Å². The largest absolute Gasteiger partial charge is 0.382 e. The van der Waals surface area contributed by atoms with Gasteiger partial charge in [-0.15, -0.1) is 0 Å². The molecule has 6 heteroatoms. The van der Waals surface area contributed by atoms with Crippen LogP contribution in [0, 0.1) is 5.41 Å². The standard InChI is InChI=1S/C22H24N6/c1-27-14-5-7-18(27)22-26-19(20-21(24)25-13-15-28(20)22)17-10-8-16(9-11-17)6-3-2-4-12-23/h2-4,6,8-13,15,18,23H,5,7,14H2,1H3,(H2,24,25)/b4-2-,6-3+,23-12?. The molecule has 0 saturated carbocycles. The van der Waals surface area contributed by atoms with Crippen molar-refractivity contribution >= 4 is 23.6 Å². The number of nitrogens with one attached hydrogen (secondary N) is 1. The molecule has 6 nitrogen and oxygen atoms in total. The molecule has 3 N–H and O–H groups in total. The second-order valence-electron chi connectivity index (χ2n) is 7.02. The average Bonchev–Trinajstić information content (AvgIpc) is 3.30. The predicted octanol–water partition coefficient (Wildman–Crippen LogP) is 3.96. The fourth-order valence-corrected chi connectivity index (χ4v) is 3.80. The Morgan fingerprint density at radius 2 is 2.00 bits per heavy atom. The number of aromatic nitrogens is 3. The predicted molar refractivity (Wildman–Crippen MR) is 114 cm³/mol. The van der Waals surface area contributed by atoms with Gasteiger partial charge in [0.15, 0.2) is 0 Å². The molecule has 0 amide bonds. The van der Waals surface area contributed by atoms with E-state index >= 15 is 0 Å². The van der Waals surface area contributed by atoms with Gasteiger partial charge in [0.25, 0.3) is 0 Å². The van der Waals surface area contributed by atoms with Gasteiger partial charge in [-0.2, -0.15) is 0 Å². The zero-order chi connectivity index (χ0) is 19.5. The van der Waals surface area contributed by atoms with E-state index in [-0.39, 0.29) is 0 Å². The van der Waals surface area contributed by atoms with Crippen LogP contribution in [0.2, 0.25) is 0 Å². The minimum atomic E-state index is 0.297. The van der Waals surface area contributed by atoms with Gasteiger partial charge in [-0.1, -0.05) is 42.5 Å². The van der Waals surface area contributed by atoms with Crippen molar-refractivity contribution in [3.63, 3.8) is 0 Å². The molecule has 1 aliphatic rings. The lowest BCUT2D eigenvalue weighted by molar-refractivity contribution is 0.305. The van der Waals surface area contributed by atoms with Crippen molar-refractivity contribution in [3.05, 3.63) is 66.3 Å². The van der Waals surface area contributed by atoms with Gasteiger partial charge in [0, 0.05) is 24.2 Å². The lowest BCUT2D eigenvalue weighted by Crippen LogP contribution is -2.19. The molecule has 4 rings (SSSR count). The number of nitrogens with two attached hydrogens (primary N) is 1. The Kier molecular flexibility index (Phi) is 5.04. The van der Waals surface area contributed by atoms with Crippen LogP contribution in [-0.2, 0) is 0 Å². The van der Waals surface area contributed by atoms with Crippen molar-refractivity contribution < 1.29 is 0 Å². The summed E-state index contributed by atoms with van der Waals surface area (Å²) in [6.07, 6.45) is 14.7. The minimum Gasteiger partial charge on any atom is -0.382 e. The van der Waals surface area contributed by atoms with E-state index in [2.05, 4.69) is 45.6 Å². The summed E-state index contributed by atoms with van der Waals surface area (Å²) in [5.41, 5.74) is 10.1. The molecule has 0 spiro atoms. The highest BCUT2D eigenvalue weighted by molar-refractivity contribution is 5.85. The number of nitrogen functional groups attached to an aromatic ring is 1. The molecule has 1 aromatic carbocycles. The lowest BCUT2D eigenvalue weighted by Gasteiger charge is -2.18. The number of hydrogen-bond donors (Lipinski definition) is 2. The van der Waals surface area contributed by atoms with Gasteiger partial charge in [0.05, 0.1) is 6.04 Å². The molecular formula is C22H24N6. The van der Waals surface area contributed by atoms with Gasteiger partial charge in [0.1, 0.15) is 22.9 Å². The quantitative estimate of drug-likeness (QED) is 0.524. The first-order valence-corrected chi connectivity index (χ1v) is 9.46. The Morgan fingerprint density at radius 3 is 2.71 bits per heavy atom. The number of fused-ring (bicyclic) bond motifs is 1. The molecule has 2 aromatic heterocycles. The van der Waals surface area contributed by atoms with Crippen LogP contribution in [0.1, 0.15) is 30.3 Å². The Morgan fingerprint density at radius 1 is 1.18 bits per heavy atom. The summed E-state index contributed by atoms with van der Waals surface area (Å²) < 4.78 is 2.10. The van der Waals surface area contributed by atoms with Crippen LogP contribution in [-0.4, -0.2) is 39.1 Å². The van der Waals surface area contributed by atoms with Crippen molar-refractivity contribution in [1.29, 1.82) is 5.41 Å². The Labute approximate surface area is 164 Å². The first kappa shape index (κ1) is 18.1. The summed E-state index contributed by atoms with van der Waals surface area (Å²) in [6.45, 7) is 1.09. The summed E-state index contributed by atoms with van der Waals surface area (Å²) in [6, 6.07) is 8.55. The van der Waals surface area contributed by atoms with Crippen LogP contribution in [0.3, 0.4) is 0 Å². The monoisotopic (exact) mass is 372 g/mol. The summed E-state index contributed by atoms with van der Waals surface area (Å²) >= 11 is 0. The van der Waals surface area contributed by atoms with Gasteiger partial charge >= 0.3 is 0 Å². The van der Waals surface area contributed by atoms with E-state index in [1.165, 1.54) is 12.6 Å². The van der Waals surface area contributed by atoms with Gasteiger partial charge in [-0.25, -0.2) is 9.97 Å². The molecule has 142 valence electrons. The maximum Gasteiger partial charge on any atom is 0.150 e. The highest BCUT2D eigenvalue weighted by Gasteiger charge is 2.28. The van der Waals surface area contributed by atoms with Crippen LogP contribution in [0.25, 0.3) is 22.9 Å². The van der Waals surface area contributed by atoms with E-state index in [1.807, 2.05) is 24.4 Å². The zero-order valence-electron chi connectivity index (χ0n) is 15.9. The fraction of sp³-hybridized carbons (Fsp3) is 0.227. The summed E-state index contributed by atoms with van der Waals surface area (Å²) in [5.74, 6) is 1.53. The van der Waals surface area contributed by atoms with Crippen LogP contribution < -0.4 is 5.73 Å². The molecule has 1 saturated heterocycles. The normalized spacial score (nSPS) is 18.0. The maximum absolute atomic E-state index is 7.00. The summed E-state index contributed by atoms with van der Waals surface area (Å²) in [4.78, 5) is 11.7. The van der Waals surface area contributed by atoms with Crippen LogP contribution in [0.5, 0.6) is 0 Å². The van der Waals surface area contributed by atoms with E-state index in [0.717, 1.165) is 41.1 Å². The highest BCUT2D eigenvalue weighted by Crippen LogP contribution is 2.35. The van der Waals surface area contributed by atoms with Gasteiger partial charge < -0.3 is 11.1 Å². The first-order chi connectivity index (χ1) is 13.7. The number of rotatable bonds is 5. The Bertz CT molecular complexity index is 1040. The Balaban J connectivity index is 1.75. The number of benzene rings is 1. The second-order valence-corrected chi connectivity index (χ2v) is 7.02. The smallest absolute Gasteiger partial charge is 0.150 e. The van der Waals surface area contributed by atoms with Gasteiger partial charge in [-0.05, 0) is 38.1 Å². The molecule has 1 fully saturated rings. The van der Waals surface area contributed by atoms with Gasteiger partial charge in [-0.3, -0.25) is 9.30 Å². The van der Waals surface area contributed by atoms with Gasteiger partial charge in [0.2, 0.25) is 0 Å². The Hall–Kier alpha value is -3.25. The van der Waals surface area contributed by atoms with Crippen molar-refractivity contribution in [1.82, 2.24) is 19.3 Å². The third-order valence-corrected chi connectivity index (χ3v) is 5.22. The highest BCUT2D eigenvalue weighted by atomic mass is 15.2. The van der Waals surface area contributed by atoms with E-state index in [9.17, 15) is 0 Å². The molecule has 0 aliphatic carbocycles. The van der Waals surface area contributed by atoms with Crippen LogP contribution in [0.15, 0.2) is 54.9 Å². The molecule has 28 heavy (non-hydrogen) atoms. The number of anilines is 1. The average molecular weight is 372 g/mol. The molecule has 1 atom stereocenters. The maximum atomic E-state index is 7.00. The summed E-state index contributed by atoms with van der Waals surface area (Å²) in [5, 5.41) is 7.00. The molecule has 1 unspecified atom stereocenters. The van der Waals surface area contributed by atoms with Crippen molar-refractivity contribution in [2.24, 2.45) is 0 Å². The van der Waals surface area contributed by atoms with Crippen LogP contribution >= 0.6 is 0 Å². The van der Waals surface area contributed by atoms with Crippen molar-refractivity contribution in [2.75, 3.05) is 19.3 Å². The SMILES string of the molecule is CN1CCCC1c1nc(-c2ccc(/C=C/C=C\C=N)cc2)c2c(N)nccn12. The zero-order valence-corrected chi connectivity index (χ0v) is 15.9. The second kappa shape index (κ2) is 7.78. The molecule has 3 heterocycles. The van der Waals surface area contributed by atoms with E-state index in [1.54, 1.807) is 12.3 Å². The van der Waals surface area contributed by atoms with E-state index < -0.39 is 0 Å². The van der Waals surface area contributed by atoms with E-state index in [4.69, 9.17) is 16.1 Å². The molecule has 0 bridgehead atoms. The molecule has 1 aliphatic heterocycles. The third kappa shape index (κ3) is 3.34. The van der Waals surface area contributed by atoms with Crippen molar-refractivity contribution in [3.8, 4) is 11.3 Å². The third-order valence-electron chi connectivity index (χ3n) is 5.22. The molecule has 0 radical (unpaired) electrons. The number of allylic oxidation sites excluding steroid dienone is 3. The number of hydrogen-bond acceptors (Lipinski definition) is 5. The number of likely N-dealkylation sites (tertiary alicyclic amines) is 1. The minimum absolute atomic E-state index is 0.297. The molecule has 3 aromatic rings. The number of imidazole rings is 1. The van der Waals surface area contributed by atoms with Crippen molar-refractivity contribution in [2.45, 2.75) is 18.9 Å². The summed E-state index contributed by atoms with van der Waals surface area (Å²) in [7, 11) is 2.15. The molecular weight excluding hydrogens is 348 g/mol. The topological polar surface area (TPSA) is 83.3 Å².